The third-order valence-electron chi connectivity index (χ3n) is 6.31. The molecule has 0 radical (unpaired) electrons. The van der Waals surface area contributed by atoms with Gasteiger partial charge in [-0.15, -0.1) is 0 Å². The monoisotopic (exact) mass is 386 g/mol. The Hall–Kier alpha value is -2.04. The lowest BCUT2D eigenvalue weighted by Crippen LogP contribution is -2.46. The van der Waals surface area contributed by atoms with Crippen LogP contribution in [0.3, 0.4) is 0 Å². The fraction of sp³-hybridized carbons (Fsp3) is 0.652. The van der Waals surface area contributed by atoms with Gasteiger partial charge in [0.2, 0.25) is 11.8 Å². The van der Waals surface area contributed by atoms with Crippen molar-refractivity contribution in [2.75, 3.05) is 27.2 Å². The van der Waals surface area contributed by atoms with E-state index in [2.05, 4.69) is 0 Å². The lowest BCUT2D eigenvalue weighted by atomic mass is 9.95. The van der Waals surface area contributed by atoms with E-state index in [1.54, 1.807) is 7.11 Å². The van der Waals surface area contributed by atoms with E-state index in [-0.39, 0.29) is 17.7 Å². The third kappa shape index (κ3) is 5.49. The topological polar surface area (TPSA) is 49.9 Å². The van der Waals surface area contributed by atoms with Gasteiger partial charge < -0.3 is 14.5 Å². The van der Waals surface area contributed by atoms with Crippen molar-refractivity contribution in [1.29, 1.82) is 0 Å². The molecule has 5 nitrogen and oxygen atoms in total. The number of carbonyl (C=O) groups is 2. The smallest absolute Gasteiger partial charge is 0.227 e. The molecular formula is C23H34N2O3. The summed E-state index contributed by atoms with van der Waals surface area (Å²) in [6.07, 6.45) is 8.92. The van der Waals surface area contributed by atoms with Gasteiger partial charge in [-0.3, -0.25) is 9.59 Å². The second-order valence-corrected chi connectivity index (χ2v) is 8.41. The number of carbonyl (C=O) groups excluding carboxylic acids is 2. The van der Waals surface area contributed by atoms with Crippen molar-refractivity contribution in [3.63, 3.8) is 0 Å². The molecule has 154 valence electrons. The lowest BCUT2D eigenvalue weighted by Gasteiger charge is -2.34. The Morgan fingerprint density at radius 1 is 1.25 bits per heavy atom. The maximum atomic E-state index is 12.9. The van der Waals surface area contributed by atoms with Crippen LogP contribution in [0.15, 0.2) is 24.3 Å². The van der Waals surface area contributed by atoms with Gasteiger partial charge in [-0.2, -0.15) is 0 Å². The van der Waals surface area contributed by atoms with Crippen molar-refractivity contribution < 1.29 is 14.3 Å². The van der Waals surface area contributed by atoms with Gasteiger partial charge in [0, 0.05) is 33.1 Å². The Morgan fingerprint density at radius 2 is 2.04 bits per heavy atom. The van der Waals surface area contributed by atoms with Gasteiger partial charge in [-0.25, -0.2) is 0 Å². The first-order chi connectivity index (χ1) is 13.6. The van der Waals surface area contributed by atoms with Crippen LogP contribution in [0, 0.1) is 11.8 Å². The number of likely N-dealkylation sites (tertiary alicyclic amines) is 1. The number of ether oxygens (including phenoxy) is 1. The molecule has 1 aliphatic carbocycles. The van der Waals surface area contributed by atoms with Crippen LogP contribution in [0.4, 0.5) is 0 Å². The largest absolute Gasteiger partial charge is 0.497 e. The van der Waals surface area contributed by atoms with Crippen molar-refractivity contribution in [1.82, 2.24) is 9.80 Å². The summed E-state index contributed by atoms with van der Waals surface area (Å²) >= 11 is 0. The fourth-order valence-electron chi connectivity index (χ4n) is 4.60. The summed E-state index contributed by atoms with van der Waals surface area (Å²) in [7, 11) is 3.56. The molecular weight excluding hydrogens is 352 g/mol. The van der Waals surface area contributed by atoms with Crippen molar-refractivity contribution >= 4 is 11.8 Å². The average molecular weight is 387 g/mol. The van der Waals surface area contributed by atoms with Crippen LogP contribution in [0.5, 0.6) is 5.75 Å². The quantitative estimate of drug-likeness (QED) is 0.682. The van der Waals surface area contributed by atoms with E-state index in [1.807, 2.05) is 41.1 Å². The molecule has 1 aliphatic heterocycles. The highest BCUT2D eigenvalue weighted by molar-refractivity contribution is 5.83. The molecule has 5 heteroatoms. The summed E-state index contributed by atoms with van der Waals surface area (Å²) < 4.78 is 5.27. The van der Waals surface area contributed by atoms with Crippen LogP contribution in [0.2, 0.25) is 0 Å². The number of hydrogen-bond donors (Lipinski definition) is 0. The van der Waals surface area contributed by atoms with E-state index in [9.17, 15) is 9.59 Å². The van der Waals surface area contributed by atoms with Crippen LogP contribution in [0.25, 0.3) is 0 Å². The summed E-state index contributed by atoms with van der Waals surface area (Å²) in [5, 5.41) is 0. The molecule has 0 spiro atoms. The van der Waals surface area contributed by atoms with E-state index in [1.165, 1.54) is 32.1 Å². The molecule has 2 aliphatic rings. The number of amides is 2. The van der Waals surface area contributed by atoms with Gasteiger partial charge in [-0.1, -0.05) is 37.8 Å². The molecule has 2 amide bonds. The first-order valence-electron chi connectivity index (χ1n) is 10.7. The Kier molecular flexibility index (Phi) is 7.35. The highest BCUT2D eigenvalue weighted by Gasteiger charge is 2.31. The molecule has 0 bridgehead atoms. The molecule has 1 heterocycles. The number of piperidine rings is 1. The molecule has 2 fully saturated rings. The third-order valence-corrected chi connectivity index (χ3v) is 6.31. The maximum absolute atomic E-state index is 12.9. The summed E-state index contributed by atoms with van der Waals surface area (Å²) in [5.41, 5.74) is 1.03. The molecule has 1 unspecified atom stereocenters. The van der Waals surface area contributed by atoms with Crippen LogP contribution in [-0.4, -0.2) is 48.9 Å². The van der Waals surface area contributed by atoms with Gasteiger partial charge >= 0.3 is 0 Å². The number of hydrogen-bond acceptors (Lipinski definition) is 3. The van der Waals surface area contributed by atoms with Crippen molar-refractivity contribution in [3.05, 3.63) is 29.8 Å². The van der Waals surface area contributed by atoms with Crippen molar-refractivity contribution in [2.45, 2.75) is 57.9 Å². The normalized spacial score (nSPS) is 20.4. The van der Waals surface area contributed by atoms with Gasteiger partial charge in [0.05, 0.1) is 13.0 Å². The zero-order valence-corrected chi connectivity index (χ0v) is 17.4. The Bertz CT molecular complexity index is 670. The molecule has 1 saturated carbocycles. The minimum atomic E-state index is -0.0835. The van der Waals surface area contributed by atoms with Crippen LogP contribution in [-0.2, 0) is 16.1 Å². The summed E-state index contributed by atoms with van der Waals surface area (Å²) in [6, 6.07) is 7.78. The maximum Gasteiger partial charge on any atom is 0.227 e. The fourth-order valence-corrected chi connectivity index (χ4v) is 4.60. The molecule has 1 saturated heterocycles. The minimum Gasteiger partial charge on any atom is -0.497 e. The van der Waals surface area contributed by atoms with E-state index in [0.29, 0.717) is 25.9 Å². The SMILES string of the molecule is COc1cccc(CN2CC(C(=O)N(C)CCCC3CCCC3)CCC2=O)c1. The van der Waals surface area contributed by atoms with Crippen LogP contribution >= 0.6 is 0 Å². The van der Waals surface area contributed by atoms with Gasteiger partial charge in [0.25, 0.3) is 0 Å². The second kappa shape index (κ2) is 9.94. The van der Waals surface area contributed by atoms with E-state index in [4.69, 9.17) is 4.74 Å². The molecule has 1 aromatic carbocycles. The predicted octanol–water partition coefficient (Wildman–Crippen LogP) is 3.86. The molecule has 3 rings (SSSR count). The van der Waals surface area contributed by atoms with Gasteiger partial charge in [0.15, 0.2) is 0 Å². The second-order valence-electron chi connectivity index (χ2n) is 8.41. The number of nitrogens with zero attached hydrogens (tertiary/aromatic N) is 2. The van der Waals surface area contributed by atoms with Gasteiger partial charge in [0.1, 0.15) is 5.75 Å². The van der Waals surface area contributed by atoms with Crippen molar-refractivity contribution in [2.24, 2.45) is 11.8 Å². The standard InChI is InChI=1S/C23H34N2O3/c1-24(14-6-10-18-7-3-4-8-18)23(27)20-12-13-22(26)25(17-20)16-19-9-5-11-21(15-19)28-2/h5,9,11,15,18,20H,3-4,6-8,10,12-14,16-17H2,1-2H3. The highest BCUT2D eigenvalue weighted by Crippen LogP contribution is 2.29. The molecule has 28 heavy (non-hydrogen) atoms. The van der Waals surface area contributed by atoms with Crippen LogP contribution < -0.4 is 4.74 Å². The first kappa shape index (κ1) is 20.7. The van der Waals surface area contributed by atoms with E-state index >= 15 is 0 Å². The average Bonchev–Trinajstić information content (AvgIpc) is 3.22. The first-order valence-corrected chi connectivity index (χ1v) is 10.7. The summed E-state index contributed by atoms with van der Waals surface area (Å²) in [5.74, 6) is 1.90. The number of benzene rings is 1. The van der Waals surface area contributed by atoms with E-state index in [0.717, 1.165) is 30.2 Å². The molecule has 1 aromatic rings. The summed E-state index contributed by atoms with van der Waals surface area (Å²) in [6.45, 7) is 1.88. The number of rotatable bonds is 8. The zero-order chi connectivity index (χ0) is 19.9. The lowest BCUT2D eigenvalue weighted by molar-refractivity contribution is -0.142. The molecule has 0 N–H and O–H groups in total. The van der Waals surface area contributed by atoms with Crippen LogP contribution in [0.1, 0.15) is 56.9 Å². The highest BCUT2D eigenvalue weighted by atomic mass is 16.5. The Labute approximate surface area is 169 Å². The van der Waals surface area contributed by atoms with Gasteiger partial charge in [-0.05, 0) is 42.9 Å². The Balaban J connectivity index is 1.50. The predicted molar refractivity (Wildman–Crippen MR) is 110 cm³/mol. The Morgan fingerprint density at radius 3 is 2.79 bits per heavy atom. The summed E-state index contributed by atoms with van der Waals surface area (Å²) in [4.78, 5) is 29.0. The molecule has 1 atom stereocenters. The van der Waals surface area contributed by atoms with Crippen molar-refractivity contribution in [3.8, 4) is 5.75 Å². The number of methoxy groups -OCH3 is 1. The molecule has 0 aromatic heterocycles. The van der Waals surface area contributed by atoms with E-state index < -0.39 is 0 Å². The minimum absolute atomic E-state index is 0.0835. The zero-order valence-electron chi connectivity index (χ0n) is 17.4.